The van der Waals surface area contributed by atoms with Crippen LogP contribution in [0, 0.1) is 11.8 Å². The molecule has 1 saturated heterocycles. The highest BCUT2D eigenvalue weighted by Gasteiger charge is 2.26. The van der Waals surface area contributed by atoms with Crippen molar-refractivity contribution in [3.63, 3.8) is 0 Å². The number of hydrogen-bond donors (Lipinski definition) is 0. The molecule has 0 aliphatic carbocycles. The van der Waals surface area contributed by atoms with Gasteiger partial charge in [0.05, 0.1) is 32.1 Å². The Balaban J connectivity index is 1.36. The van der Waals surface area contributed by atoms with Crippen LogP contribution in [0.15, 0.2) is 36.8 Å². The topological polar surface area (TPSA) is 52.4 Å². The third-order valence-corrected chi connectivity index (χ3v) is 5.01. The molecule has 2 aliphatic rings. The molecule has 134 valence electrons. The predicted molar refractivity (Wildman–Crippen MR) is 93.8 cm³/mol. The summed E-state index contributed by atoms with van der Waals surface area (Å²) >= 11 is 0. The number of nitrogens with zero attached hydrogens (tertiary/aromatic N) is 4. The molecule has 0 aromatic carbocycles. The van der Waals surface area contributed by atoms with E-state index in [4.69, 9.17) is 9.47 Å². The minimum absolute atomic E-state index is 0.460. The summed E-state index contributed by atoms with van der Waals surface area (Å²) in [4.78, 5) is 11.4. The molecule has 2 aliphatic heterocycles. The van der Waals surface area contributed by atoms with Gasteiger partial charge in [-0.05, 0) is 24.5 Å². The van der Waals surface area contributed by atoms with Crippen molar-refractivity contribution in [3.8, 4) is 0 Å². The van der Waals surface area contributed by atoms with Crippen LogP contribution in [0.25, 0.3) is 0 Å². The summed E-state index contributed by atoms with van der Waals surface area (Å²) in [6, 6.07) is 5.94. The van der Waals surface area contributed by atoms with Crippen LogP contribution < -0.4 is 0 Å². The van der Waals surface area contributed by atoms with Gasteiger partial charge in [-0.15, -0.1) is 0 Å². The van der Waals surface area contributed by atoms with Gasteiger partial charge in [0.25, 0.3) is 0 Å². The van der Waals surface area contributed by atoms with E-state index in [-0.39, 0.29) is 0 Å². The molecule has 2 aromatic rings. The highest BCUT2D eigenvalue weighted by molar-refractivity contribution is 5.02. The summed E-state index contributed by atoms with van der Waals surface area (Å²) in [5.74, 6) is 2.27. The number of pyridine rings is 1. The largest absolute Gasteiger partial charge is 0.381 e. The fourth-order valence-electron chi connectivity index (χ4n) is 3.77. The van der Waals surface area contributed by atoms with Crippen molar-refractivity contribution in [1.29, 1.82) is 0 Å². The molecule has 25 heavy (non-hydrogen) atoms. The fourth-order valence-corrected chi connectivity index (χ4v) is 3.77. The number of aromatic nitrogens is 3. The van der Waals surface area contributed by atoms with Crippen LogP contribution in [-0.4, -0.2) is 52.3 Å². The quantitative estimate of drug-likeness (QED) is 0.803. The van der Waals surface area contributed by atoms with Gasteiger partial charge < -0.3 is 14.0 Å². The Hall–Kier alpha value is -1.76. The Kier molecular flexibility index (Phi) is 5.40. The van der Waals surface area contributed by atoms with Crippen LogP contribution in [0.3, 0.4) is 0 Å². The van der Waals surface area contributed by atoms with E-state index in [2.05, 4.69) is 25.6 Å². The second-order valence-electron chi connectivity index (χ2n) is 7.12. The van der Waals surface area contributed by atoms with Crippen molar-refractivity contribution in [1.82, 2.24) is 19.4 Å². The van der Waals surface area contributed by atoms with Crippen LogP contribution in [-0.2, 0) is 29.2 Å². The molecule has 0 N–H and O–H groups in total. The second kappa shape index (κ2) is 8.08. The normalized spacial score (nSPS) is 24.2. The van der Waals surface area contributed by atoms with Crippen molar-refractivity contribution in [3.05, 3.63) is 48.3 Å². The molecule has 0 radical (unpaired) electrons. The number of fused-ring (bicyclic) bond motifs is 1. The van der Waals surface area contributed by atoms with E-state index in [0.717, 1.165) is 57.5 Å². The summed E-state index contributed by atoms with van der Waals surface area (Å²) in [7, 11) is 0. The molecule has 0 bridgehead atoms. The Morgan fingerprint density at radius 2 is 2.16 bits per heavy atom. The van der Waals surface area contributed by atoms with Gasteiger partial charge in [0.1, 0.15) is 5.82 Å². The van der Waals surface area contributed by atoms with Gasteiger partial charge in [-0.3, -0.25) is 9.88 Å². The molecule has 0 unspecified atom stereocenters. The van der Waals surface area contributed by atoms with E-state index in [1.807, 2.05) is 30.6 Å². The van der Waals surface area contributed by atoms with Crippen LogP contribution in [0.1, 0.15) is 17.9 Å². The maximum absolute atomic E-state index is 5.98. The van der Waals surface area contributed by atoms with Crippen LogP contribution in [0.4, 0.5) is 0 Å². The summed E-state index contributed by atoms with van der Waals surface area (Å²) < 4.78 is 13.8. The average molecular weight is 342 g/mol. The van der Waals surface area contributed by atoms with Gasteiger partial charge >= 0.3 is 0 Å². The highest BCUT2D eigenvalue weighted by atomic mass is 16.5. The Morgan fingerprint density at radius 1 is 1.16 bits per heavy atom. The van der Waals surface area contributed by atoms with E-state index in [1.54, 1.807) is 0 Å². The fraction of sp³-hybridized carbons (Fsp3) is 0.579. The van der Waals surface area contributed by atoms with Gasteiger partial charge in [-0.25, -0.2) is 4.98 Å². The summed E-state index contributed by atoms with van der Waals surface area (Å²) in [6.45, 7) is 7.13. The molecule has 2 atom stereocenters. The zero-order valence-electron chi connectivity index (χ0n) is 14.6. The lowest BCUT2D eigenvalue weighted by Crippen LogP contribution is -2.34. The molecule has 4 rings (SSSR count). The van der Waals surface area contributed by atoms with Crippen molar-refractivity contribution in [2.45, 2.75) is 26.1 Å². The summed E-state index contributed by atoms with van der Waals surface area (Å²) in [5.41, 5.74) is 0.986. The summed E-state index contributed by atoms with van der Waals surface area (Å²) in [5, 5.41) is 0. The van der Waals surface area contributed by atoms with E-state index < -0.39 is 0 Å². The standard InChI is InChI=1S/C19H26N4O2/c1-2-5-20-18(3-1)15-25-14-17-10-22(9-16-4-8-24-13-16)12-19-21-6-7-23(19)11-17/h1-3,5-7,16-17H,4,8-15H2/t16-,17+/m1/s1. The Labute approximate surface area is 148 Å². The van der Waals surface area contributed by atoms with Gasteiger partial charge in [-0.1, -0.05) is 6.07 Å². The third-order valence-electron chi connectivity index (χ3n) is 5.01. The van der Waals surface area contributed by atoms with Crippen molar-refractivity contribution >= 4 is 0 Å². The monoisotopic (exact) mass is 342 g/mol. The lowest BCUT2D eigenvalue weighted by atomic mass is 10.1. The number of ether oxygens (including phenoxy) is 2. The maximum Gasteiger partial charge on any atom is 0.122 e. The molecule has 2 aromatic heterocycles. The van der Waals surface area contributed by atoms with Crippen molar-refractivity contribution in [2.75, 3.05) is 32.9 Å². The average Bonchev–Trinajstić information content (AvgIpc) is 3.25. The molecule has 0 amide bonds. The van der Waals surface area contributed by atoms with Crippen molar-refractivity contribution < 1.29 is 9.47 Å². The SMILES string of the molecule is c1ccc(COC[C@H]2CN(C[C@H]3CCOC3)Cc3nccn3C2)nc1. The molecule has 6 nitrogen and oxygen atoms in total. The van der Waals surface area contributed by atoms with Gasteiger partial charge in [-0.2, -0.15) is 0 Å². The number of imidazole rings is 1. The second-order valence-corrected chi connectivity index (χ2v) is 7.12. The van der Waals surface area contributed by atoms with E-state index >= 15 is 0 Å². The number of hydrogen-bond acceptors (Lipinski definition) is 5. The lowest BCUT2D eigenvalue weighted by Gasteiger charge is -2.25. The molecule has 0 saturated carbocycles. The van der Waals surface area contributed by atoms with Crippen LogP contribution in [0.5, 0.6) is 0 Å². The zero-order chi connectivity index (χ0) is 16.9. The van der Waals surface area contributed by atoms with E-state index in [1.165, 1.54) is 6.42 Å². The zero-order valence-corrected chi connectivity index (χ0v) is 14.6. The Bertz CT molecular complexity index is 654. The van der Waals surface area contributed by atoms with Gasteiger partial charge in [0, 0.05) is 50.7 Å². The first-order valence-corrected chi connectivity index (χ1v) is 9.14. The minimum Gasteiger partial charge on any atom is -0.381 e. The van der Waals surface area contributed by atoms with Gasteiger partial charge in [0.15, 0.2) is 0 Å². The first-order valence-electron chi connectivity index (χ1n) is 9.14. The van der Waals surface area contributed by atoms with E-state index in [9.17, 15) is 0 Å². The number of rotatable bonds is 6. The lowest BCUT2D eigenvalue weighted by molar-refractivity contribution is 0.0627. The molecular weight excluding hydrogens is 316 g/mol. The van der Waals surface area contributed by atoms with Crippen LogP contribution in [0.2, 0.25) is 0 Å². The first-order chi connectivity index (χ1) is 12.4. The molecule has 6 heteroatoms. The molecular formula is C19H26N4O2. The Morgan fingerprint density at radius 3 is 3.00 bits per heavy atom. The van der Waals surface area contributed by atoms with Gasteiger partial charge in [0.2, 0.25) is 0 Å². The van der Waals surface area contributed by atoms with Crippen molar-refractivity contribution in [2.24, 2.45) is 11.8 Å². The molecule has 0 spiro atoms. The molecule has 1 fully saturated rings. The van der Waals surface area contributed by atoms with E-state index in [0.29, 0.717) is 18.4 Å². The third kappa shape index (κ3) is 4.45. The van der Waals surface area contributed by atoms with Crippen LogP contribution >= 0.6 is 0 Å². The minimum atomic E-state index is 0.460. The smallest absolute Gasteiger partial charge is 0.122 e. The first kappa shape index (κ1) is 16.7. The summed E-state index contributed by atoms with van der Waals surface area (Å²) in [6.07, 6.45) is 6.98. The highest BCUT2D eigenvalue weighted by Crippen LogP contribution is 2.20. The predicted octanol–water partition coefficient (Wildman–Crippen LogP) is 1.96. The maximum atomic E-state index is 5.98. The molecule has 4 heterocycles.